The lowest BCUT2D eigenvalue weighted by Gasteiger charge is -2.32. The number of pyridine rings is 1. The summed E-state index contributed by atoms with van der Waals surface area (Å²) >= 11 is 0. The van der Waals surface area contributed by atoms with Crippen molar-refractivity contribution in [3.63, 3.8) is 0 Å². The van der Waals surface area contributed by atoms with E-state index in [9.17, 15) is 8.42 Å². The predicted molar refractivity (Wildman–Crippen MR) is 103 cm³/mol. The molecule has 1 aromatic rings. The number of hydrogen-bond acceptors (Lipinski definition) is 5. The van der Waals surface area contributed by atoms with Gasteiger partial charge in [-0.15, -0.1) is 0 Å². The second kappa shape index (κ2) is 7.16. The van der Waals surface area contributed by atoms with Crippen LogP contribution in [0.3, 0.4) is 0 Å². The van der Waals surface area contributed by atoms with Gasteiger partial charge in [-0.05, 0) is 39.1 Å². The molecule has 2 saturated heterocycles. The van der Waals surface area contributed by atoms with Gasteiger partial charge in [0, 0.05) is 64.5 Å². The average molecular weight is 382 g/mol. The van der Waals surface area contributed by atoms with E-state index in [0.29, 0.717) is 19.0 Å². The first-order valence-electron chi connectivity index (χ1n) is 9.10. The van der Waals surface area contributed by atoms with Gasteiger partial charge in [-0.3, -0.25) is 9.88 Å². The van der Waals surface area contributed by atoms with Crippen LogP contribution in [0.2, 0.25) is 0 Å². The van der Waals surface area contributed by atoms with Crippen molar-refractivity contribution in [3.05, 3.63) is 29.6 Å². The number of likely N-dealkylation sites (tertiary alicyclic amines) is 1. The third-order valence-corrected chi connectivity index (χ3v) is 7.40. The normalized spacial score (nSPS) is 27.6. The Morgan fingerprint density at radius 2 is 1.92 bits per heavy atom. The number of fused-ring (bicyclic) bond motifs is 1. The molecule has 0 aromatic carbocycles. The summed E-state index contributed by atoms with van der Waals surface area (Å²) in [7, 11) is 4.00. The Kier molecular flexibility index (Phi) is 5.43. The molecule has 2 aliphatic heterocycles. The molecular weight excluding hydrogens is 350 g/mol. The third-order valence-electron chi connectivity index (χ3n) is 5.55. The van der Waals surface area contributed by atoms with Gasteiger partial charge < -0.3 is 4.90 Å². The number of hydrogen-bond donors (Lipinski definition) is 0. The third kappa shape index (κ3) is 3.80. The SMILES string of the molecule is Cc1cccc(CN2C[C@H]3CN(S(=O)(=O)N(C)C)C[C@@]3(CN(C)C)C2)n1. The summed E-state index contributed by atoms with van der Waals surface area (Å²) in [5.41, 5.74) is 2.10. The van der Waals surface area contributed by atoms with Crippen molar-refractivity contribution in [1.82, 2.24) is 23.4 Å². The molecule has 1 aromatic heterocycles. The Morgan fingerprint density at radius 1 is 1.19 bits per heavy atom. The molecule has 0 N–H and O–H groups in total. The van der Waals surface area contributed by atoms with Crippen LogP contribution in [-0.2, 0) is 16.8 Å². The second-order valence-electron chi connectivity index (χ2n) is 8.32. The van der Waals surface area contributed by atoms with Crippen molar-refractivity contribution in [1.29, 1.82) is 0 Å². The van der Waals surface area contributed by atoms with Crippen molar-refractivity contribution in [2.75, 3.05) is 60.9 Å². The Bertz CT molecular complexity index is 752. The van der Waals surface area contributed by atoms with E-state index in [1.54, 1.807) is 18.4 Å². The Balaban J connectivity index is 1.78. The summed E-state index contributed by atoms with van der Waals surface area (Å²) in [4.78, 5) is 9.25. The van der Waals surface area contributed by atoms with E-state index in [1.165, 1.54) is 4.31 Å². The zero-order chi connectivity index (χ0) is 19.1. The molecule has 8 heteroatoms. The van der Waals surface area contributed by atoms with E-state index >= 15 is 0 Å². The van der Waals surface area contributed by atoms with Crippen LogP contribution in [0.5, 0.6) is 0 Å². The molecule has 7 nitrogen and oxygen atoms in total. The largest absolute Gasteiger partial charge is 0.309 e. The summed E-state index contributed by atoms with van der Waals surface area (Å²) < 4.78 is 28.2. The zero-order valence-electron chi connectivity index (χ0n) is 16.5. The Hall–Kier alpha value is -1.06. The molecule has 2 aliphatic rings. The number of rotatable bonds is 6. The molecule has 2 fully saturated rings. The van der Waals surface area contributed by atoms with Crippen LogP contribution in [0.15, 0.2) is 18.2 Å². The lowest BCUT2D eigenvalue weighted by Crippen LogP contribution is -2.45. The highest BCUT2D eigenvalue weighted by atomic mass is 32.2. The van der Waals surface area contributed by atoms with Crippen LogP contribution in [0.4, 0.5) is 0 Å². The van der Waals surface area contributed by atoms with Crippen LogP contribution in [0.25, 0.3) is 0 Å². The van der Waals surface area contributed by atoms with E-state index in [-0.39, 0.29) is 5.41 Å². The van der Waals surface area contributed by atoms with E-state index < -0.39 is 10.2 Å². The van der Waals surface area contributed by atoms with E-state index in [1.807, 2.05) is 13.0 Å². The van der Waals surface area contributed by atoms with Gasteiger partial charge in [-0.25, -0.2) is 0 Å². The second-order valence-corrected chi connectivity index (χ2v) is 10.5. The number of aromatic nitrogens is 1. The first kappa shape index (κ1) is 19.7. The highest BCUT2D eigenvalue weighted by Crippen LogP contribution is 2.44. The molecule has 0 spiro atoms. The van der Waals surface area contributed by atoms with Gasteiger partial charge >= 0.3 is 0 Å². The van der Waals surface area contributed by atoms with Crippen molar-refractivity contribution >= 4 is 10.2 Å². The Labute approximate surface area is 157 Å². The molecular formula is C18H31N5O2S. The quantitative estimate of drug-likeness (QED) is 0.718. The van der Waals surface area contributed by atoms with Crippen molar-refractivity contribution in [3.8, 4) is 0 Å². The maximum absolute atomic E-state index is 12.6. The topological polar surface area (TPSA) is 60.0 Å². The molecule has 0 radical (unpaired) electrons. The van der Waals surface area contributed by atoms with Gasteiger partial charge in [0.1, 0.15) is 0 Å². The molecule has 0 aliphatic carbocycles. The summed E-state index contributed by atoms with van der Waals surface area (Å²) in [5.74, 6) is 0.351. The van der Waals surface area contributed by atoms with E-state index in [0.717, 1.165) is 37.6 Å². The van der Waals surface area contributed by atoms with Crippen LogP contribution < -0.4 is 0 Å². The van der Waals surface area contributed by atoms with Gasteiger partial charge in [0.15, 0.2) is 0 Å². The van der Waals surface area contributed by atoms with Crippen molar-refractivity contribution in [2.45, 2.75) is 13.5 Å². The molecule has 2 atom stereocenters. The van der Waals surface area contributed by atoms with Gasteiger partial charge in [-0.1, -0.05) is 6.07 Å². The molecule has 0 amide bonds. The first-order valence-corrected chi connectivity index (χ1v) is 10.5. The Morgan fingerprint density at radius 3 is 2.54 bits per heavy atom. The van der Waals surface area contributed by atoms with E-state index in [4.69, 9.17) is 0 Å². The fourth-order valence-corrected chi connectivity index (χ4v) is 5.79. The monoisotopic (exact) mass is 381 g/mol. The summed E-state index contributed by atoms with van der Waals surface area (Å²) in [6.07, 6.45) is 0. The molecule has 3 heterocycles. The van der Waals surface area contributed by atoms with Crippen LogP contribution in [-0.4, -0.2) is 92.7 Å². The number of aryl methyl sites for hydroxylation is 1. The van der Waals surface area contributed by atoms with Gasteiger partial charge in [0.05, 0.1) is 5.69 Å². The van der Waals surface area contributed by atoms with Crippen molar-refractivity contribution in [2.24, 2.45) is 11.3 Å². The molecule has 0 saturated carbocycles. The minimum atomic E-state index is -3.36. The van der Waals surface area contributed by atoms with Crippen LogP contribution >= 0.6 is 0 Å². The summed E-state index contributed by atoms with van der Waals surface area (Å²) in [6.45, 7) is 6.76. The minimum Gasteiger partial charge on any atom is -0.309 e. The molecule has 3 rings (SSSR count). The van der Waals surface area contributed by atoms with Crippen LogP contribution in [0.1, 0.15) is 11.4 Å². The fraction of sp³-hybridized carbons (Fsp3) is 0.722. The molecule has 26 heavy (non-hydrogen) atoms. The van der Waals surface area contributed by atoms with Crippen LogP contribution in [0, 0.1) is 18.3 Å². The molecule has 146 valence electrons. The molecule has 0 unspecified atom stereocenters. The van der Waals surface area contributed by atoms with Gasteiger partial charge in [0.25, 0.3) is 10.2 Å². The summed E-state index contributed by atoms with van der Waals surface area (Å²) in [6, 6.07) is 6.14. The lowest BCUT2D eigenvalue weighted by atomic mass is 9.80. The van der Waals surface area contributed by atoms with E-state index in [2.05, 4.69) is 41.0 Å². The molecule has 0 bridgehead atoms. The maximum atomic E-state index is 12.6. The predicted octanol–water partition coefficient (Wildman–Crippen LogP) is 0.492. The first-order chi connectivity index (χ1) is 12.1. The van der Waals surface area contributed by atoms with Gasteiger partial charge in [0.2, 0.25) is 0 Å². The average Bonchev–Trinajstić information content (AvgIpc) is 2.99. The van der Waals surface area contributed by atoms with Gasteiger partial charge in [-0.2, -0.15) is 17.0 Å². The summed E-state index contributed by atoms with van der Waals surface area (Å²) in [5, 5.41) is 0. The smallest absolute Gasteiger partial charge is 0.281 e. The number of nitrogens with zero attached hydrogens (tertiary/aromatic N) is 5. The zero-order valence-corrected chi connectivity index (χ0v) is 17.3. The highest BCUT2D eigenvalue weighted by molar-refractivity contribution is 7.86. The standard InChI is InChI=1S/C18H31N5O2S/c1-15-7-6-8-17(19-15)11-22-9-16-10-23(26(24,25)21(4)5)14-18(16,13-22)12-20(2)3/h6-8,16H,9-14H2,1-5H3/t16-,18+/m0/s1. The minimum absolute atomic E-state index is 0.0175. The maximum Gasteiger partial charge on any atom is 0.281 e. The fourth-order valence-electron chi connectivity index (χ4n) is 4.54. The van der Waals surface area contributed by atoms with Crippen molar-refractivity contribution < 1.29 is 8.42 Å². The lowest BCUT2D eigenvalue weighted by molar-refractivity contribution is 0.177. The highest BCUT2D eigenvalue weighted by Gasteiger charge is 2.55.